The van der Waals surface area contributed by atoms with Gasteiger partial charge in [0.25, 0.3) is 0 Å². The maximum Gasteiger partial charge on any atom is 0.125 e. The van der Waals surface area contributed by atoms with Crippen LogP contribution in [0, 0.1) is 0 Å². The van der Waals surface area contributed by atoms with Crippen molar-refractivity contribution in [3.8, 4) is 0 Å². The number of hydrogen-bond donors (Lipinski definition) is 1. The number of aromatic nitrogens is 2. The topological polar surface area (TPSA) is 39.1 Å². The zero-order valence-electron chi connectivity index (χ0n) is 11.9. The van der Waals surface area contributed by atoms with E-state index in [0.29, 0.717) is 18.0 Å². The standard InChI is InChI=1S/C14H25N3O/c1-10(2)13-9-14(15-11(3)4)17(16-13)12-5-7-18-8-6-12/h9-12,15H,5-8H2,1-4H3. The molecule has 0 aliphatic carbocycles. The van der Waals surface area contributed by atoms with Crippen LogP contribution in [0.3, 0.4) is 0 Å². The van der Waals surface area contributed by atoms with Crippen LogP contribution < -0.4 is 5.32 Å². The fourth-order valence-electron chi connectivity index (χ4n) is 2.31. The van der Waals surface area contributed by atoms with Gasteiger partial charge < -0.3 is 10.1 Å². The molecule has 0 atom stereocenters. The van der Waals surface area contributed by atoms with Crippen LogP contribution in [0.1, 0.15) is 58.2 Å². The van der Waals surface area contributed by atoms with Crippen LogP contribution in [0.5, 0.6) is 0 Å². The molecule has 1 aliphatic rings. The second-order valence-corrected chi connectivity index (χ2v) is 5.70. The summed E-state index contributed by atoms with van der Waals surface area (Å²) in [5.74, 6) is 1.62. The van der Waals surface area contributed by atoms with Gasteiger partial charge in [0, 0.05) is 25.3 Å². The lowest BCUT2D eigenvalue weighted by atomic mass is 10.1. The maximum atomic E-state index is 5.43. The van der Waals surface area contributed by atoms with E-state index < -0.39 is 0 Å². The number of rotatable bonds is 4. The summed E-state index contributed by atoms with van der Waals surface area (Å²) in [6, 6.07) is 3.10. The Balaban J connectivity index is 2.24. The lowest BCUT2D eigenvalue weighted by Crippen LogP contribution is -2.23. The zero-order valence-corrected chi connectivity index (χ0v) is 11.9. The minimum absolute atomic E-state index is 0.431. The lowest BCUT2D eigenvalue weighted by Gasteiger charge is -2.25. The number of anilines is 1. The van der Waals surface area contributed by atoms with E-state index in [1.807, 2.05) is 0 Å². The van der Waals surface area contributed by atoms with Crippen LogP contribution in [0.2, 0.25) is 0 Å². The summed E-state index contributed by atoms with van der Waals surface area (Å²) in [5.41, 5.74) is 1.17. The molecule has 0 unspecified atom stereocenters. The molecule has 1 saturated heterocycles. The fraction of sp³-hybridized carbons (Fsp3) is 0.786. The molecule has 1 N–H and O–H groups in total. The predicted octanol–water partition coefficient (Wildman–Crippen LogP) is 3.18. The van der Waals surface area contributed by atoms with E-state index in [-0.39, 0.29) is 0 Å². The summed E-state index contributed by atoms with van der Waals surface area (Å²) in [6.07, 6.45) is 2.12. The molecule has 2 heterocycles. The third-order valence-corrected chi connectivity index (χ3v) is 3.32. The highest BCUT2D eigenvalue weighted by Gasteiger charge is 2.21. The molecule has 1 aliphatic heterocycles. The number of nitrogens with zero attached hydrogens (tertiary/aromatic N) is 2. The first-order valence-corrected chi connectivity index (χ1v) is 7.01. The highest BCUT2D eigenvalue weighted by molar-refractivity contribution is 5.39. The van der Waals surface area contributed by atoms with Gasteiger partial charge in [-0.1, -0.05) is 13.8 Å². The van der Waals surface area contributed by atoms with Gasteiger partial charge in [-0.25, -0.2) is 4.68 Å². The second kappa shape index (κ2) is 5.74. The first-order chi connectivity index (χ1) is 8.58. The average molecular weight is 251 g/mol. The van der Waals surface area contributed by atoms with Crippen molar-refractivity contribution in [2.75, 3.05) is 18.5 Å². The van der Waals surface area contributed by atoms with Crippen LogP contribution in [-0.4, -0.2) is 29.0 Å². The molecule has 1 aromatic heterocycles. The van der Waals surface area contributed by atoms with Gasteiger partial charge in [-0.05, 0) is 32.6 Å². The van der Waals surface area contributed by atoms with E-state index in [0.717, 1.165) is 31.9 Å². The predicted molar refractivity (Wildman–Crippen MR) is 74.2 cm³/mol. The Morgan fingerprint density at radius 1 is 1.28 bits per heavy atom. The molecule has 4 heteroatoms. The molecule has 0 amide bonds. The monoisotopic (exact) mass is 251 g/mol. The van der Waals surface area contributed by atoms with Gasteiger partial charge in [-0.15, -0.1) is 0 Å². The van der Waals surface area contributed by atoms with Crippen molar-refractivity contribution >= 4 is 5.82 Å². The molecule has 1 fully saturated rings. The molecule has 102 valence electrons. The van der Waals surface area contributed by atoms with Crippen molar-refractivity contribution < 1.29 is 4.74 Å². The van der Waals surface area contributed by atoms with E-state index in [1.165, 1.54) is 5.69 Å². The number of ether oxygens (including phenoxy) is 1. The quantitative estimate of drug-likeness (QED) is 0.893. The van der Waals surface area contributed by atoms with Crippen molar-refractivity contribution in [1.29, 1.82) is 0 Å². The summed E-state index contributed by atoms with van der Waals surface area (Å²) in [7, 11) is 0. The summed E-state index contributed by atoms with van der Waals surface area (Å²) in [5, 5.41) is 8.29. The van der Waals surface area contributed by atoms with Crippen LogP contribution in [0.25, 0.3) is 0 Å². The Hall–Kier alpha value is -1.03. The molecule has 0 spiro atoms. The van der Waals surface area contributed by atoms with Crippen molar-refractivity contribution in [2.45, 2.75) is 58.5 Å². The minimum Gasteiger partial charge on any atom is -0.381 e. The average Bonchev–Trinajstić information content (AvgIpc) is 2.73. The van der Waals surface area contributed by atoms with Crippen LogP contribution in [0.4, 0.5) is 5.82 Å². The third-order valence-electron chi connectivity index (χ3n) is 3.32. The third kappa shape index (κ3) is 3.05. The Kier molecular flexibility index (Phi) is 4.27. The van der Waals surface area contributed by atoms with Crippen molar-refractivity contribution in [2.24, 2.45) is 0 Å². The first-order valence-electron chi connectivity index (χ1n) is 7.01. The highest BCUT2D eigenvalue weighted by Crippen LogP contribution is 2.27. The van der Waals surface area contributed by atoms with Crippen molar-refractivity contribution in [3.05, 3.63) is 11.8 Å². The molecular weight excluding hydrogens is 226 g/mol. The summed E-state index contributed by atoms with van der Waals surface area (Å²) in [6.45, 7) is 10.4. The van der Waals surface area contributed by atoms with Crippen molar-refractivity contribution in [3.63, 3.8) is 0 Å². The minimum atomic E-state index is 0.431. The van der Waals surface area contributed by atoms with Gasteiger partial charge in [0.05, 0.1) is 11.7 Å². The second-order valence-electron chi connectivity index (χ2n) is 5.70. The Morgan fingerprint density at radius 2 is 1.94 bits per heavy atom. The molecule has 0 aromatic carbocycles. The lowest BCUT2D eigenvalue weighted by molar-refractivity contribution is 0.0666. The summed E-state index contributed by atoms with van der Waals surface area (Å²) < 4.78 is 7.61. The van der Waals surface area contributed by atoms with Crippen LogP contribution in [0.15, 0.2) is 6.07 Å². The van der Waals surface area contributed by atoms with Gasteiger partial charge in [-0.3, -0.25) is 0 Å². The van der Waals surface area contributed by atoms with Gasteiger partial charge in [0.15, 0.2) is 0 Å². The normalized spacial score (nSPS) is 17.7. The van der Waals surface area contributed by atoms with Gasteiger partial charge in [0.2, 0.25) is 0 Å². The smallest absolute Gasteiger partial charge is 0.125 e. The molecule has 0 bridgehead atoms. The van der Waals surface area contributed by atoms with E-state index in [1.54, 1.807) is 0 Å². The molecular formula is C14H25N3O. The van der Waals surface area contributed by atoms with E-state index in [2.05, 4.69) is 43.8 Å². The van der Waals surface area contributed by atoms with E-state index in [4.69, 9.17) is 9.84 Å². The van der Waals surface area contributed by atoms with Gasteiger partial charge >= 0.3 is 0 Å². The summed E-state index contributed by atoms with van der Waals surface area (Å²) >= 11 is 0. The molecule has 4 nitrogen and oxygen atoms in total. The Morgan fingerprint density at radius 3 is 2.50 bits per heavy atom. The van der Waals surface area contributed by atoms with Crippen molar-refractivity contribution in [1.82, 2.24) is 9.78 Å². The SMILES string of the molecule is CC(C)Nc1cc(C(C)C)nn1C1CCOCC1. The largest absolute Gasteiger partial charge is 0.381 e. The molecule has 2 rings (SSSR count). The number of nitrogens with one attached hydrogen (secondary N) is 1. The van der Waals surface area contributed by atoms with Crippen LogP contribution in [-0.2, 0) is 4.74 Å². The Labute approximate surface area is 110 Å². The van der Waals surface area contributed by atoms with Crippen LogP contribution >= 0.6 is 0 Å². The number of hydrogen-bond acceptors (Lipinski definition) is 3. The van der Waals surface area contributed by atoms with E-state index in [9.17, 15) is 0 Å². The zero-order chi connectivity index (χ0) is 13.1. The maximum absolute atomic E-state index is 5.43. The molecule has 0 saturated carbocycles. The molecule has 1 aromatic rings. The van der Waals surface area contributed by atoms with Gasteiger partial charge in [-0.2, -0.15) is 5.10 Å². The molecule has 0 radical (unpaired) electrons. The highest BCUT2D eigenvalue weighted by atomic mass is 16.5. The Bertz CT molecular complexity index is 378. The van der Waals surface area contributed by atoms with Gasteiger partial charge in [0.1, 0.15) is 5.82 Å². The fourth-order valence-corrected chi connectivity index (χ4v) is 2.31. The summed E-state index contributed by atoms with van der Waals surface area (Å²) in [4.78, 5) is 0. The first kappa shape index (κ1) is 13.4. The molecule has 18 heavy (non-hydrogen) atoms. The van der Waals surface area contributed by atoms with E-state index >= 15 is 0 Å².